The number of halogens is 1. The molecule has 4 nitrogen and oxygen atoms in total. The maximum Gasteiger partial charge on any atom is 0.225 e. The molecule has 1 aromatic carbocycles. The number of likely N-dealkylation sites (tertiary alicyclic amines) is 1. The Morgan fingerprint density at radius 3 is 2.78 bits per heavy atom. The van der Waals surface area contributed by atoms with Gasteiger partial charge in [-0.1, -0.05) is 47.3 Å². The molecule has 2 aliphatic rings. The summed E-state index contributed by atoms with van der Waals surface area (Å²) in [6.07, 6.45) is 6.16. The minimum Gasteiger partial charge on any atom is -0.353 e. The number of carbonyl (C=O) groups excluding carboxylic acids is 2. The van der Waals surface area contributed by atoms with Gasteiger partial charge in [0.25, 0.3) is 0 Å². The van der Waals surface area contributed by atoms with Gasteiger partial charge < -0.3 is 10.2 Å². The Hall–Kier alpha value is -1.36. The minimum absolute atomic E-state index is 0.0574. The third-order valence-electron chi connectivity index (χ3n) is 4.80. The van der Waals surface area contributed by atoms with Crippen molar-refractivity contribution in [2.45, 2.75) is 51.1 Å². The molecular weight excluding hydrogens is 356 g/mol. The normalized spacial score (nSPS) is 22.4. The topological polar surface area (TPSA) is 49.4 Å². The molecule has 124 valence electrons. The van der Waals surface area contributed by atoms with E-state index < -0.39 is 0 Å². The molecule has 2 amide bonds. The average molecular weight is 379 g/mol. The SMILES string of the molecule is O=C(NC1CCCCC1)[C@@H]1CC(=O)N(Cc2cccc(Br)c2)C1. The Labute approximate surface area is 145 Å². The monoisotopic (exact) mass is 378 g/mol. The van der Waals surface area contributed by atoms with Crippen LogP contribution in [-0.2, 0) is 16.1 Å². The molecular formula is C18H23BrN2O2. The Bertz CT molecular complexity index is 584. The molecule has 0 bridgehead atoms. The third kappa shape index (κ3) is 4.34. The summed E-state index contributed by atoms with van der Waals surface area (Å²) >= 11 is 3.45. The van der Waals surface area contributed by atoms with Gasteiger partial charge in [0.2, 0.25) is 11.8 Å². The lowest BCUT2D eigenvalue weighted by Crippen LogP contribution is -2.40. The van der Waals surface area contributed by atoms with E-state index >= 15 is 0 Å². The van der Waals surface area contributed by atoms with Crippen LogP contribution in [-0.4, -0.2) is 29.3 Å². The first-order valence-electron chi connectivity index (χ1n) is 8.44. The van der Waals surface area contributed by atoms with Gasteiger partial charge in [-0.05, 0) is 30.5 Å². The Balaban J connectivity index is 1.55. The van der Waals surface area contributed by atoms with Gasteiger partial charge in [-0.2, -0.15) is 0 Å². The number of nitrogens with zero attached hydrogens (tertiary/aromatic N) is 1. The maximum absolute atomic E-state index is 12.4. The fourth-order valence-electron chi connectivity index (χ4n) is 3.52. The van der Waals surface area contributed by atoms with Gasteiger partial charge >= 0.3 is 0 Å². The molecule has 1 aromatic rings. The summed E-state index contributed by atoms with van der Waals surface area (Å²) in [6.45, 7) is 1.11. The standard InChI is InChI=1S/C18H23BrN2O2/c19-15-6-4-5-13(9-15)11-21-12-14(10-17(21)22)18(23)20-16-7-2-1-3-8-16/h4-6,9,14,16H,1-3,7-8,10-12H2,(H,20,23)/t14-/m1/s1. The highest BCUT2D eigenvalue weighted by atomic mass is 79.9. The number of hydrogen-bond donors (Lipinski definition) is 1. The first kappa shape index (κ1) is 16.5. The fourth-order valence-corrected chi connectivity index (χ4v) is 3.97. The Kier molecular flexibility index (Phi) is 5.36. The molecule has 1 atom stereocenters. The number of rotatable bonds is 4. The van der Waals surface area contributed by atoms with E-state index in [9.17, 15) is 9.59 Å². The van der Waals surface area contributed by atoms with Crippen LogP contribution in [0.3, 0.4) is 0 Å². The van der Waals surface area contributed by atoms with Crippen LogP contribution in [0.1, 0.15) is 44.1 Å². The van der Waals surface area contributed by atoms with Crippen LogP contribution in [0.25, 0.3) is 0 Å². The molecule has 1 heterocycles. The number of carbonyl (C=O) groups is 2. The molecule has 3 rings (SSSR count). The van der Waals surface area contributed by atoms with Crippen molar-refractivity contribution in [3.05, 3.63) is 34.3 Å². The number of benzene rings is 1. The van der Waals surface area contributed by atoms with Crippen molar-refractivity contribution in [3.8, 4) is 0 Å². The number of nitrogens with one attached hydrogen (secondary N) is 1. The van der Waals surface area contributed by atoms with Crippen LogP contribution in [0.15, 0.2) is 28.7 Å². The first-order chi connectivity index (χ1) is 11.1. The second-order valence-electron chi connectivity index (χ2n) is 6.65. The predicted octanol–water partition coefficient (Wildman–Crippen LogP) is 3.25. The predicted molar refractivity (Wildman–Crippen MR) is 92.7 cm³/mol. The summed E-state index contributed by atoms with van der Waals surface area (Å²) in [6, 6.07) is 8.27. The molecule has 23 heavy (non-hydrogen) atoms. The maximum atomic E-state index is 12.4. The zero-order chi connectivity index (χ0) is 16.2. The summed E-state index contributed by atoms with van der Waals surface area (Å²) < 4.78 is 1.01. The molecule has 2 fully saturated rings. The smallest absolute Gasteiger partial charge is 0.225 e. The van der Waals surface area contributed by atoms with Crippen LogP contribution >= 0.6 is 15.9 Å². The van der Waals surface area contributed by atoms with Crippen molar-refractivity contribution in [2.75, 3.05) is 6.54 Å². The Morgan fingerprint density at radius 1 is 1.26 bits per heavy atom. The van der Waals surface area contributed by atoms with Crippen LogP contribution in [0.4, 0.5) is 0 Å². The van der Waals surface area contributed by atoms with Crippen molar-refractivity contribution in [1.29, 1.82) is 0 Å². The summed E-state index contributed by atoms with van der Waals surface area (Å²) in [5.74, 6) is -0.0626. The zero-order valence-corrected chi connectivity index (χ0v) is 14.8. The summed E-state index contributed by atoms with van der Waals surface area (Å²) in [5, 5.41) is 3.15. The van der Waals surface area contributed by atoms with Crippen molar-refractivity contribution in [2.24, 2.45) is 5.92 Å². The van der Waals surface area contributed by atoms with Gasteiger partial charge in [0.05, 0.1) is 5.92 Å². The van der Waals surface area contributed by atoms with E-state index in [1.54, 1.807) is 4.90 Å². The van der Waals surface area contributed by atoms with Crippen molar-refractivity contribution in [1.82, 2.24) is 10.2 Å². The van der Waals surface area contributed by atoms with Gasteiger partial charge in [0.1, 0.15) is 0 Å². The average Bonchev–Trinajstić information content (AvgIpc) is 2.89. The summed E-state index contributed by atoms with van der Waals surface area (Å²) in [5.41, 5.74) is 1.08. The molecule has 0 aromatic heterocycles. The van der Waals surface area contributed by atoms with Crippen LogP contribution in [0.5, 0.6) is 0 Å². The van der Waals surface area contributed by atoms with Crippen molar-refractivity contribution < 1.29 is 9.59 Å². The molecule has 1 aliphatic carbocycles. The van der Waals surface area contributed by atoms with Gasteiger partial charge in [-0.25, -0.2) is 0 Å². The first-order valence-corrected chi connectivity index (χ1v) is 9.24. The lowest BCUT2D eigenvalue weighted by Gasteiger charge is -2.24. The van der Waals surface area contributed by atoms with Gasteiger partial charge in [-0.3, -0.25) is 9.59 Å². The minimum atomic E-state index is -0.198. The molecule has 0 unspecified atom stereocenters. The highest BCUT2D eigenvalue weighted by Gasteiger charge is 2.35. The quantitative estimate of drug-likeness (QED) is 0.873. The third-order valence-corrected chi connectivity index (χ3v) is 5.29. The van der Waals surface area contributed by atoms with E-state index in [1.807, 2.05) is 24.3 Å². The highest BCUT2D eigenvalue weighted by Crippen LogP contribution is 2.23. The van der Waals surface area contributed by atoms with Gasteiger partial charge in [-0.15, -0.1) is 0 Å². The van der Waals surface area contributed by atoms with Crippen molar-refractivity contribution >= 4 is 27.7 Å². The zero-order valence-electron chi connectivity index (χ0n) is 13.3. The molecule has 1 N–H and O–H groups in total. The lowest BCUT2D eigenvalue weighted by molar-refractivity contribution is -0.129. The fraction of sp³-hybridized carbons (Fsp3) is 0.556. The molecule has 1 saturated heterocycles. The van der Waals surface area contributed by atoms with Crippen LogP contribution in [0.2, 0.25) is 0 Å². The Morgan fingerprint density at radius 2 is 2.04 bits per heavy atom. The second-order valence-corrected chi connectivity index (χ2v) is 7.56. The summed E-state index contributed by atoms with van der Waals surface area (Å²) in [7, 11) is 0. The van der Waals surface area contributed by atoms with Gasteiger partial charge in [0.15, 0.2) is 0 Å². The van der Waals surface area contributed by atoms with E-state index in [4.69, 9.17) is 0 Å². The molecule has 5 heteroatoms. The van der Waals surface area contributed by atoms with E-state index in [-0.39, 0.29) is 17.7 Å². The summed E-state index contributed by atoms with van der Waals surface area (Å²) in [4.78, 5) is 26.4. The van der Waals surface area contributed by atoms with Crippen molar-refractivity contribution in [3.63, 3.8) is 0 Å². The molecule has 1 saturated carbocycles. The lowest BCUT2D eigenvalue weighted by atomic mass is 9.95. The number of hydrogen-bond acceptors (Lipinski definition) is 2. The number of amides is 2. The van der Waals surface area contributed by atoms with E-state index in [2.05, 4.69) is 21.2 Å². The largest absolute Gasteiger partial charge is 0.353 e. The van der Waals surface area contributed by atoms with Crippen LogP contribution < -0.4 is 5.32 Å². The van der Waals surface area contributed by atoms with Crippen LogP contribution in [0, 0.1) is 5.92 Å². The molecule has 1 aliphatic heterocycles. The highest BCUT2D eigenvalue weighted by molar-refractivity contribution is 9.10. The second kappa shape index (κ2) is 7.47. The van der Waals surface area contributed by atoms with Gasteiger partial charge in [0, 0.05) is 30.0 Å². The van der Waals surface area contributed by atoms with E-state index in [0.29, 0.717) is 25.6 Å². The van der Waals surface area contributed by atoms with E-state index in [0.717, 1.165) is 22.9 Å². The molecule has 0 radical (unpaired) electrons. The molecule has 0 spiro atoms. The van der Waals surface area contributed by atoms with E-state index in [1.165, 1.54) is 19.3 Å².